The van der Waals surface area contributed by atoms with Gasteiger partial charge < -0.3 is 9.64 Å². The molecule has 1 aromatic heterocycles. The van der Waals surface area contributed by atoms with Crippen LogP contribution in [0.4, 0.5) is 0 Å². The number of sulfonamides is 1. The number of fused-ring (bicyclic) bond motifs is 1. The molecule has 4 rings (SSSR count). The SMILES string of the molecule is Cc1cc(C)c(S(=O)(=O)N2CCCC2C(=O)OCC(=O)N2CCc3sccc3C2)c(C)c1. The molecule has 2 aliphatic rings. The Hall–Kier alpha value is -2.23. The van der Waals surface area contributed by atoms with Crippen LogP contribution in [0.3, 0.4) is 0 Å². The van der Waals surface area contributed by atoms with Crippen LogP contribution in [0.15, 0.2) is 28.5 Å². The third-order valence-corrected chi connectivity index (χ3v) is 9.38. The lowest BCUT2D eigenvalue weighted by Crippen LogP contribution is -2.43. The van der Waals surface area contributed by atoms with Crippen LogP contribution in [0.2, 0.25) is 0 Å². The fourth-order valence-electron chi connectivity index (χ4n) is 4.74. The Kier molecular flexibility index (Phi) is 6.42. The topological polar surface area (TPSA) is 84.0 Å². The van der Waals surface area contributed by atoms with Crippen LogP contribution >= 0.6 is 11.3 Å². The van der Waals surface area contributed by atoms with Crippen LogP contribution in [-0.2, 0) is 37.3 Å². The summed E-state index contributed by atoms with van der Waals surface area (Å²) in [5, 5.41) is 2.02. The number of benzene rings is 1. The summed E-state index contributed by atoms with van der Waals surface area (Å²) in [6, 6.07) is 4.78. The van der Waals surface area contributed by atoms with E-state index in [9.17, 15) is 18.0 Å². The molecule has 1 amide bonds. The van der Waals surface area contributed by atoms with Crippen LogP contribution in [0.1, 0.15) is 40.0 Å². The van der Waals surface area contributed by atoms with E-state index in [2.05, 4.69) is 0 Å². The maximum Gasteiger partial charge on any atom is 0.324 e. The molecule has 0 spiro atoms. The van der Waals surface area contributed by atoms with Crippen molar-refractivity contribution < 1.29 is 22.7 Å². The number of carbonyl (C=O) groups is 2. The van der Waals surface area contributed by atoms with Gasteiger partial charge in [-0.3, -0.25) is 9.59 Å². The molecule has 1 aromatic carbocycles. The number of thiophene rings is 1. The quantitative estimate of drug-likeness (QED) is 0.620. The molecule has 172 valence electrons. The Labute approximate surface area is 193 Å². The third kappa shape index (κ3) is 4.33. The van der Waals surface area contributed by atoms with Gasteiger partial charge in [0.1, 0.15) is 6.04 Å². The summed E-state index contributed by atoms with van der Waals surface area (Å²) in [7, 11) is -3.86. The zero-order valence-corrected chi connectivity index (χ0v) is 20.2. The van der Waals surface area contributed by atoms with Crippen molar-refractivity contribution in [1.29, 1.82) is 0 Å². The minimum absolute atomic E-state index is 0.249. The lowest BCUT2D eigenvalue weighted by Gasteiger charge is -2.28. The van der Waals surface area contributed by atoms with E-state index in [4.69, 9.17) is 4.74 Å². The molecular weight excluding hydrogens is 448 g/mol. The molecule has 2 aliphatic heterocycles. The predicted octanol–water partition coefficient (Wildman–Crippen LogP) is 2.95. The minimum Gasteiger partial charge on any atom is -0.454 e. The number of amides is 1. The Morgan fingerprint density at radius 2 is 1.88 bits per heavy atom. The number of rotatable bonds is 5. The minimum atomic E-state index is -3.86. The monoisotopic (exact) mass is 476 g/mol. The smallest absolute Gasteiger partial charge is 0.324 e. The fraction of sp³-hybridized carbons (Fsp3) is 0.478. The van der Waals surface area contributed by atoms with Gasteiger partial charge in [-0.25, -0.2) is 8.42 Å². The van der Waals surface area contributed by atoms with Crippen LogP contribution in [-0.4, -0.2) is 55.2 Å². The van der Waals surface area contributed by atoms with Crippen molar-refractivity contribution in [3.63, 3.8) is 0 Å². The summed E-state index contributed by atoms with van der Waals surface area (Å²) in [5.74, 6) is -0.914. The highest BCUT2D eigenvalue weighted by Crippen LogP contribution is 2.31. The first-order valence-corrected chi connectivity index (χ1v) is 13.1. The van der Waals surface area contributed by atoms with Crippen molar-refractivity contribution in [3.8, 4) is 0 Å². The molecule has 1 unspecified atom stereocenters. The molecule has 1 fully saturated rings. The van der Waals surface area contributed by atoms with E-state index >= 15 is 0 Å². The zero-order valence-electron chi connectivity index (χ0n) is 18.6. The summed E-state index contributed by atoms with van der Waals surface area (Å²) >= 11 is 1.69. The average molecular weight is 477 g/mol. The molecule has 0 saturated carbocycles. The fourth-order valence-corrected chi connectivity index (χ4v) is 7.69. The molecular formula is C23H28N2O5S2. The van der Waals surface area contributed by atoms with E-state index in [-0.39, 0.29) is 24.0 Å². The molecule has 7 nitrogen and oxygen atoms in total. The molecule has 32 heavy (non-hydrogen) atoms. The summed E-state index contributed by atoms with van der Waals surface area (Å²) < 4.78 is 33.4. The molecule has 3 heterocycles. The third-order valence-electron chi connectivity index (χ3n) is 6.15. The first kappa shape index (κ1) is 22.9. The van der Waals surface area contributed by atoms with E-state index in [1.165, 1.54) is 9.18 Å². The van der Waals surface area contributed by atoms with Crippen molar-refractivity contribution >= 4 is 33.2 Å². The van der Waals surface area contributed by atoms with Crippen molar-refractivity contribution in [2.45, 2.75) is 57.5 Å². The molecule has 9 heteroatoms. The average Bonchev–Trinajstić information content (AvgIpc) is 3.39. The summed E-state index contributed by atoms with van der Waals surface area (Å²) in [6.45, 7) is 6.47. The van der Waals surface area contributed by atoms with Gasteiger partial charge in [0.05, 0.1) is 4.90 Å². The van der Waals surface area contributed by atoms with Gasteiger partial charge in [0, 0.05) is 24.5 Å². The second-order valence-corrected chi connectivity index (χ2v) is 11.4. The van der Waals surface area contributed by atoms with Crippen molar-refractivity contribution in [3.05, 3.63) is 50.7 Å². The zero-order chi connectivity index (χ0) is 23.0. The second kappa shape index (κ2) is 8.96. The highest BCUT2D eigenvalue weighted by molar-refractivity contribution is 7.89. The molecule has 0 N–H and O–H groups in total. The van der Waals surface area contributed by atoms with Crippen LogP contribution in [0.5, 0.6) is 0 Å². The number of aryl methyl sites for hydroxylation is 3. The molecule has 0 aliphatic carbocycles. The van der Waals surface area contributed by atoms with E-state index in [0.717, 1.165) is 17.5 Å². The Morgan fingerprint density at radius 1 is 1.16 bits per heavy atom. The van der Waals surface area contributed by atoms with Crippen LogP contribution in [0.25, 0.3) is 0 Å². The highest BCUT2D eigenvalue weighted by Gasteiger charge is 2.41. The summed E-state index contributed by atoms with van der Waals surface area (Å²) in [5.41, 5.74) is 3.45. The van der Waals surface area contributed by atoms with Gasteiger partial charge in [-0.05, 0) is 68.2 Å². The van der Waals surface area contributed by atoms with Gasteiger partial charge in [-0.2, -0.15) is 4.31 Å². The molecule has 1 saturated heterocycles. The highest BCUT2D eigenvalue weighted by atomic mass is 32.2. The first-order valence-electron chi connectivity index (χ1n) is 10.8. The van der Waals surface area contributed by atoms with Gasteiger partial charge >= 0.3 is 5.97 Å². The van der Waals surface area contributed by atoms with E-state index < -0.39 is 22.0 Å². The number of hydrogen-bond donors (Lipinski definition) is 0. The summed E-state index contributed by atoms with van der Waals surface area (Å²) in [6.07, 6.45) is 1.76. The Morgan fingerprint density at radius 3 is 2.59 bits per heavy atom. The van der Waals surface area contributed by atoms with Gasteiger partial charge in [-0.15, -0.1) is 11.3 Å². The van der Waals surface area contributed by atoms with Crippen LogP contribution < -0.4 is 0 Å². The van der Waals surface area contributed by atoms with Crippen molar-refractivity contribution in [2.75, 3.05) is 19.7 Å². The van der Waals surface area contributed by atoms with Crippen molar-refractivity contribution in [2.24, 2.45) is 0 Å². The number of esters is 1. The first-order chi connectivity index (χ1) is 15.2. The lowest BCUT2D eigenvalue weighted by molar-refractivity contribution is -0.155. The largest absolute Gasteiger partial charge is 0.454 e. The van der Waals surface area contributed by atoms with E-state index in [1.807, 2.05) is 30.5 Å². The lowest BCUT2D eigenvalue weighted by atomic mass is 10.1. The van der Waals surface area contributed by atoms with E-state index in [1.54, 1.807) is 30.1 Å². The Balaban J connectivity index is 1.43. The predicted molar refractivity (Wildman–Crippen MR) is 122 cm³/mol. The summed E-state index contributed by atoms with van der Waals surface area (Å²) in [4.78, 5) is 28.6. The number of ether oxygens (including phenoxy) is 1. The van der Waals surface area contributed by atoms with Gasteiger partial charge in [0.15, 0.2) is 6.61 Å². The maximum atomic E-state index is 13.4. The number of carbonyl (C=O) groups excluding carboxylic acids is 2. The molecule has 2 aromatic rings. The molecule has 0 bridgehead atoms. The van der Waals surface area contributed by atoms with E-state index in [0.29, 0.717) is 37.1 Å². The van der Waals surface area contributed by atoms with Gasteiger partial charge in [0.2, 0.25) is 10.0 Å². The normalized spacial score (nSPS) is 19.1. The van der Waals surface area contributed by atoms with Crippen LogP contribution in [0, 0.1) is 20.8 Å². The van der Waals surface area contributed by atoms with Gasteiger partial charge in [-0.1, -0.05) is 17.7 Å². The standard InChI is InChI=1S/C23H28N2O5S2/c1-15-11-16(2)22(17(3)12-15)32(28,29)25-8-4-5-19(25)23(27)30-14-21(26)24-9-6-20-18(13-24)7-10-31-20/h7,10-12,19H,4-6,8-9,13-14H2,1-3H3. The second-order valence-electron chi connectivity index (χ2n) is 8.54. The number of nitrogens with zero attached hydrogens (tertiary/aromatic N) is 2. The Bertz CT molecular complexity index is 1130. The molecule has 0 radical (unpaired) electrons. The number of hydrogen-bond acceptors (Lipinski definition) is 6. The molecule has 1 atom stereocenters. The van der Waals surface area contributed by atoms with Gasteiger partial charge in [0.25, 0.3) is 5.91 Å². The maximum absolute atomic E-state index is 13.4. The van der Waals surface area contributed by atoms with Crippen molar-refractivity contribution in [1.82, 2.24) is 9.21 Å².